The minimum atomic E-state index is -0.467. The number of likely N-dealkylation sites (N-methyl/N-ethyl adjacent to an activating group) is 1. The van der Waals surface area contributed by atoms with Crippen LogP contribution in [0.3, 0.4) is 0 Å². The molecule has 0 bridgehead atoms. The average Bonchev–Trinajstić information content (AvgIpc) is 2.47. The van der Waals surface area contributed by atoms with Crippen molar-refractivity contribution in [2.75, 3.05) is 14.1 Å². The van der Waals surface area contributed by atoms with E-state index in [1.165, 1.54) is 30.7 Å². The Morgan fingerprint density at radius 2 is 1.86 bits per heavy atom. The number of benzene rings is 1. The molecule has 1 aliphatic carbocycles. The van der Waals surface area contributed by atoms with Crippen molar-refractivity contribution in [3.05, 3.63) is 39.9 Å². The van der Waals surface area contributed by atoms with E-state index >= 15 is 0 Å². The van der Waals surface area contributed by atoms with E-state index in [0.29, 0.717) is 11.6 Å². The van der Waals surface area contributed by atoms with Gasteiger partial charge in [0.05, 0.1) is 4.92 Å². The van der Waals surface area contributed by atoms with E-state index in [9.17, 15) is 14.9 Å². The summed E-state index contributed by atoms with van der Waals surface area (Å²) < 4.78 is 0. The van der Waals surface area contributed by atoms with Crippen molar-refractivity contribution >= 4 is 11.6 Å². The second-order valence-corrected chi connectivity index (χ2v) is 5.70. The van der Waals surface area contributed by atoms with Gasteiger partial charge in [-0.25, -0.2) is 0 Å². The van der Waals surface area contributed by atoms with Gasteiger partial charge in [-0.1, -0.05) is 12.8 Å². The van der Waals surface area contributed by atoms with Crippen LogP contribution in [0.1, 0.15) is 36.0 Å². The fraction of sp³-hybridized carbons (Fsp3) is 0.533. The lowest BCUT2D eigenvalue weighted by Crippen LogP contribution is -2.51. The molecular weight excluding hydrogens is 270 g/mol. The number of nitro benzene ring substituents is 1. The first-order valence-electron chi connectivity index (χ1n) is 7.21. The molecule has 114 valence electrons. The van der Waals surface area contributed by atoms with Gasteiger partial charge in [0.2, 0.25) is 0 Å². The highest BCUT2D eigenvalue weighted by Crippen LogP contribution is 2.22. The third kappa shape index (κ3) is 3.78. The summed E-state index contributed by atoms with van der Waals surface area (Å²) in [6.07, 6.45) is 4.36. The number of nitro groups is 1. The number of nitrogens with zero attached hydrogens (tertiary/aromatic N) is 2. The maximum absolute atomic E-state index is 12.3. The molecule has 2 rings (SSSR count). The normalized spacial score (nSPS) is 22.0. The van der Waals surface area contributed by atoms with Gasteiger partial charge in [-0.2, -0.15) is 0 Å². The summed E-state index contributed by atoms with van der Waals surface area (Å²) >= 11 is 0. The molecule has 0 unspecified atom stereocenters. The lowest BCUT2D eigenvalue weighted by atomic mass is 9.89. The molecule has 0 heterocycles. The number of carbonyl (C=O) groups is 1. The van der Waals surface area contributed by atoms with Crippen molar-refractivity contribution in [3.8, 4) is 0 Å². The van der Waals surface area contributed by atoms with Crippen LogP contribution in [-0.4, -0.2) is 41.9 Å². The van der Waals surface area contributed by atoms with Crippen LogP contribution in [-0.2, 0) is 0 Å². The summed E-state index contributed by atoms with van der Waals surface area (Å²) in [5.74, 6) is -0.163. The van der Waals surface area contributed by atoms with Crippen molar-refractivity contribution < 1.29 is 9.72 Å². The molecule has 6 heteroatoms. The van der Waals surface area contributed by atoms with Crippen LogP contribution in [0.25, 0.3) is 0 Å². The second-order valence-electron chi connectivity index (χ2n) is 5.70. The zero-order chi connectivity index (χ0) is 15.4. The first-order chi connectivity index (χ1) is 9.99. The summed E-state index contributed by atoms with van der Waals surface area (Å²) in [6, 6.07) is 6.21. The largest absolute Gasteiger partial charge is 0.348 e. The lowest BCUT2D eigenvalue weighted by Gasteiger charge is -2.36. The molecule has 1 aliphatic rings. The number of hydrogen-bond donors (Lipinski definition) is 1. The minimum Gasteiger partial charge on any atom is -0.348 e. The molecular formula is C15H21N3O3. The van der Waals surface area contributed by atoms with Gasteiger partial charge in [0.25, 0.3) is 11.6 Å². The quantitative estimate of drug-likeness (QED) is 0.681. The van der Waals surface area contributed by atoms with Crippen LogP contribution in [0.15, 0.2) is 24.3 Å². The fourth-order valence-electron chi connectivity index (χ4n) is 2.88. The standard InChI is InChI=1S/C15H21N3O3/c1-17(2)14-6-4-3-5-13(14)16-15(19)11-7-9-12(10-8-11)18(20)21/h7-10,13-14H,3-6H2,1-2H3,(H,16,19)/t13-,14-/m1/s1. The van der Waals surface area contributed by atoms with Gasteiger partial charge in [-0.15, -0.1) is 0 Å². The van der Waals surface area contributed by atoms with Gasteiger partial charge >= 0.3 is 0 Å². The van der Waals surface area contributed by atoms with Gasteiger partial charge in [0, 0.05) is 29.8 Å². The van der Waals surface area contributed by atoms with Crippen molar-refractivity contribution in [3.63, 3.8) is 0 Å². The summed E-state index contributed by atoms with van der Waals surface area (Å²) in [6.45, 7) is 0. The molecule has 6 nitrogen and oxygen atoms in total. The summed E-state index contributed by atoms with van der Waals surface area (Å²) in [5, 5.41) is 13.7. The minimum absolute atomic E-state index is 0.00427. The molecule has 0 aromatic heterocycles. The van der Waals surface area contributed by atoms with E-state index in [-0.39, 0.29) is 17.6 Å². The molecule has 0 radical (unpaired) electrons. The van der Waals surface area contributed by atoms with E-state index < -0.39 is 4.92 Å². The SMILES string of the molecule is CN(C)[C@@H]1CCCC[C@H]1NC(=O)c1ccc([N+](=O)[O-])cc1. The molecule has 1 fully saturated rings. The Labute approximate surface area is 124 Å². The molecule has 1 amide bonds. The van der Waals surface area contributed by atoms with Gasteiger partial charge in [0.15, 0.2) is 0 Å². The predicted octanol–water partition coefficient (Wildman–Crippen LogP) is 2.20. The molecule has 0 spiro atoms. The Balaban J connectivity index is 2.04. The van der Waals surface area contributed by atoms with Gasteiger partial charge in [-0.3, -0.25) is 14.9 Å². The van der Waals surface area contributed by atoms with E-state index in [1.54, 1.807) is 0 Å². The Morgan fingerprint density at radius 1 is 1.24 bits per heavy atom. The molecule has 0 saturated heterocycles. The van der Waals surface area contributed by atoms with Crippen molar-refractivity contribution in [1.82, 2.24) is 10.2 Å². The van der Waals surface area contributed by atoms with Crippen LogP contribution in [0.2, 0.25) is 0 Å². The zero-order valence-corrected chi connectivity index (χ0v) is 12.4. The Kier molecular flexibility index (Phi) is 4.90. The maximum Gasteiger partial charge on any atom is 0.269 e. The maximum atomic E-state index is 12.3. The average molecular weight is 291 g/mol. The highest BCUT2D eigenvalue weighted by molar-refractivity contribution is 5.94. The van der Waals surface area contributed by atoms with Crippen LogP contribution < -0.4 is 5.32 Å². The molecule has 1 aromatic rings. The summed E-state index contributed by atoms with van der Waals surface area (Å²) in [4.78, 5) is 24.6. The number of hydrogen-bond acceptors (Lipinski definition) is 4. The Morgan fingerprint density at radius 3 is 2.43 bits per heavy atom. The number of amides is 1. The molecule has 21 heavy (non-hydrogen) atoms. The van der Waals surface area contributed by atoms with E-state index in [2.05, 4.69) is 10.2 Å². The van der Waals surface area contributed by atoms with Crippen LogP contribution in [0.4, 0.5) is 5.69 Å². The number of non-ortho nitro benzene ring substituents is 1. The number of rotatable bonds is 4. The van der Waals surface area contributed by atoms with Crippen molar-refractivity contribution in [2.45, 2.75) is 37.8 Å². The highest BCUT2D eigenvalue weighted by atomic mass is 16.6. The van der Waals surface area contributed by atoms with Crippen molar-refractivity contribution in [1.29, 1.82) is 0 Å². The fourth-order valence-corrected chi connectivity index (χ4v) is 2.88. The zero-order valence-electron chi connectivity index (χ0n) is 12.4. The first-order valence-corrected chi connectivity index (χ1v) is 7.21. The molecule has 1 saturated carbocycles. The highest BCUT2D eigenvalue weighted by Gasteiger charge is 2.28. The first kappa shape index (κ1) is 15.4. The van der Waals surface area contributed by atoms with Crippen LogP contribution >= 0.6 is 0 Å². The second kappa shape index (κ2) is 6.67. The monoisotopic (exact) mass is 291 g/mol. The molecule has 2 atom stereocenters. The van der Waals surface area contributed by atoms with Gasteiger partial charge < -0.3 is 10.2 Å². The molecule has 1 aromatic carbocycles. The third-order valence-corrected chi connectivity index (χ3v) is 4.05. The molecule has 0 aliphatic heterocycles. The lowest BCUT2D eigenvalue weighted by molar-refractivity contribution is -0.384. The smallest absolute Gasteiger partial charge is 0.269 e. The Bertz CT molecular complexity index is 513. The topological polar surface area (TPSA) is 75.5 Å². The Hall–Kier alpha value is -1.95. The van der Waals surface area contributed by atoms with E-state index in [0.717, 1.165) is 19.3 Å². The number of carbonyl (C=O) groups excluding carboxylic acids is 1. The summed E-state index contributed by atoms with van der Waals surface area (Å²) in [7, 11) is 4.06. The van der Waals surface area contributed by atoms with Gasteiger partial charge in [0.1, 0.15) is 0 Å². The van der Waals surface area contributed by atoms with E-state index in [4.69, 9.17) is 0 Å². The summed E-state index contributed by atoms with van der Waals surface area (Å²) in [5.41, 5.74) is 0.457. The third-order valence-electron chi connectivity index (χ3n) is 4.05. The van der Waals surface area contributed by atoms with Gasteiger partial charge in [-0.05, 0) is 39.1 Å². The number of nitrogens with one attached hydrogen (secondary N) is 1. The predicted molar refractivity (Wildman–Crippen MR) is 80.3 cm³/mol. The van der Waals surface area contributed by atoms with Crippen LogP contribution in [0.5, 0.6) is 0 Å². The van der Waals surface area contributed by atoms with Crippen molar-refractivity contribution in [2.24, 2.45) is 0 Å². The van der Waals surface area contributed by atoms with Crippen LogP contribution in [0, 0.1) is 10.1 Å². The van der Waals surface area contributed by atoms with E-state index in [1.807, 2.05) is 14.1 Å². The molecule has 1 N–H and O–H groups in total.